The molecule has 1 aliphatic heterocycles. The van der Waals surface area contributed by atoms with Gasteiger partial charge >= 0.3 is 0 Å². The number of likely N-dealkylation sites (tertiary alicyclic amines) is 1. The van der Waals surface area contributed by atoms with E-state index in [9.17, 15) is 0 Å². The number of rotatable bonds is 5. The molecule has 4 heterocycles. The molecule has 7 nitrogen and oxygen atoms in total. The van der Waals surface area contributed by atoms with Crippen molar-refractivity contribution in [3.05, 3.63) is 60.0 Å². The van der Waals surface area contributed by atoms with Crippen molar-refractivity contribution in [3.8, 4) is 10.6 Å². The predicted octanol–water partition coefficient (Wildman–Crippen LogP) is 5.67. The number of nitrogens with zero attached hydrogens (tertiary/aromatic N) is 6. The minimum Gasteiger partial charge on any atom is -0.373 e. The number of hydrogen-bond donors (Lipinski definition) is 1. The van der Waals surface area contributed by atoms with Gasteiger partial charge in [0.1, 0.15) is 15.8 Å². The van der Waals surface area contributed by atoms with Gasteiger partial charge in [-0.3, -0.25) is 4.68 Å². The normalized spacial score (nSPS) is 14.7. The highest BCUT2D eigenvalue weighted by atomic mass is 32.1. The van der Waals surface area contributed by atoms with Crippen LogP contribution in [0.1, 0.15) is 43.3 Å². The third-order valence-corrected chi connectivity index (χ3v) is 7.10. The van der Waals surface area contributed by atoms with Crippen LogP contribution in [-0.4, -0.2) is 56.0 Å². The van der Waals surface area contributed by atoms with Gasteiger partial charge in [0.2, 0.25) is 0 Å². The van der Waals surface area contributed by atoms with Gasteiger partial charge in [-0.15, -0.1) is 10.2 Å². The van der Waals surface area contributed by atoms with Crippen molar-refractivity contribution in [1.82, 2.24) is 29.9 Å². The molecule has 178 valence electrons. The number of benzene rings is 1. The quantitative estimate of drug-likeness (QED) is 0.401. The topological polar surface area (TPSA) is 71.8 Å². The van der Waals surface area contributed by atoms with Gasteiger partial charge in [-0.2, -0.15) is 5.10 Å². The Morgan fingerprint density at radius 1 is 1.12 bits per heavy atom. The number of aromatic nitrogens is 5. The second-order valence-electron chi connectivity index (χ2n) is 8.83. The number of aryl methyl sites for hydroxylation is 1. The van der Waals surface area contributed by atoms with Crippen LogP contribution in [0.25, 0.3) is 27.4 Å². The summed E-state index contributed by atoms with van der Waals surface area (Å²) < 4.78 is 2.11. The summed E-state index contributed by atoms with van der Waals surface area (Å²) in [7, 11) is 1.87. The minimum absolute atomic E-state index is 0.573. The molecule has 34 heavy (non-hydrogen) atoms. The summed E-state index contributed by atoms with van der Waals surface area (Å²) in [5.74, 6) is 0.869. The molecule has 0 radical (unpaired) electrons. The maximum atomic E-state index is 4.41. The Balaban J connectivity index is 0.000000162. The van der Waals surface area contributed by atoms with E-state index in [4.69, 9.17) is 0 Å². The van der Waals surface area contributed by atoms with E-state index in [1.54, 1.807) is 11.3 Å². The Morgan fingerprint density at radius 3 is 2.53 bits per heavy atom. The van der Waals surface area contributed by atoms with E-state index in [0.29, 0.717) is 12.1 Å². The zero-order valence-electron chi connectivity index (χ0n) is 20.4. The van der Waals surface area contributed by atoms with Crippen molar-refractivity contribution in [1.29, 1.82) is 0 Å². The lowest BCUT2D eigenvalue weighted by atomic mass is 10.0. The lowest BCUT2D eigenvalue weighted by molar-refractivity contribution is 0.147. The van der Waals surface area contributed by atoms with E-state index in [2.05, 4.69) is 80.0 Å². The Labute approximate surface area is 205 Å². The summed E-state index contributed by atoms with van der Waals surface area (Å²) in [5, 5.41) is 19.9. The molecule has 0 saturated carbocycles. The summed E-state index contributed by atoms with van der Waals surface area (Å²) in [6.45, 7) is 12.6. The van der Waals surface area contributed by atoms with E-state index in [-0.39, 0.29) is 0 Å². The van der Waals surface area contributed by atoms with Gasteiger partial charge in [0.25, 0.3) is 0 Å². The fourth-order valence-corrected chi connectivity index (χ4v) is 4.84. The van der Waals surface area contributed by atoms with Gasteiger partial charge in [-0.05, 0) is 51.1 Å². The zero-order valence-corrected chi connectivity index (χ0v) is 21.2. The molecule has 5 rings (SSSR count). The third kappa shape index (κ3) is 5.69. The molecule has 1 N–H and O–H groups in total. The van der Waals surface area contributed by atoms with E-state index >= 15 is 0 Å². The smallest absolute Gasteiger partial charge is 0.147 e. The highest BCUT2D eigenvalue weighted by Gasteiger charge is 2.22. The molecule has 1 aliphatic rings. The van der Waals surface area contributed by atoms with Gasteiger partial charge in [0.05, 0.1) is 12.2 Å². The first-order valence-electron chi connectivity index (χ1n) is 11.8. The van der Waals surface area contributed by atoms with Crippen molar-refractivity contribution in [2.75, 3.05) is 25.5 Å². The number of pyridine rings is 1. The SMILES string of the molecule is C=Cc1cnn(C2CCN(C(C)C)CC2)c1.CNc1cc2cc(-c3nnc(C)s3)ccc2cn1. The van der Waals surface area contributed by atoms with Crippen LogP contribution in [0.4, 0.5) is 5.82 Å². The van der Waals surface area contributed by atoms with Crippen LogP contribution in [0.15, 0.2) is 49.4 Å². The lowest BCUT2D eigenvalue weighted by Gasteiger charge is -2.34. The zero-order chi connectivity index (χ0) is 24.1. The number of nitrogens with one attached hydrogen (secondary N) is 1. The van der Waals surface area contributed by atoms with E-state index in [1.165, 1.54) is 25.9 Å². The number of anilines is 1. The second-order valence-corrected chi connectivity index (χ2v) is 10.0. The fraction of sp³-hybridized carbons (Fsp3) is 0.385. The largest absolute Gasteiger partial charge is 0.373 e. The highest BCUT2D eigenvalue weighted by Crippen LogP contribution is 2.27. The molecule has 8 heteroatoms. The molecular weight excluding hydrogens is 442 g/mol. The molecule has 1 fully saturated rings. The number of fused-ring (bicyclic) bond motifs is 1. The maximum absolute atomic E-state index is 4.41. The van der Waals surface area contributed by atoms with E-state index in [1.807, 2.05) is 38.5 Å². The van der Waals surface area contributed by atoms with Crippen LogP contribution in [0, 0.1) is 6.92 Å². The maximum Gasteiger partial charge on any atom is 0.147 e. The van der Waals surface area contributed by atoms with Gasteiger partial charge in [0.15, 0.2) is 0 Å². The minimum atomic E-state index is 0.573. The van der Waals surface area contributed by atoms with Gasteiger partial charge in [-0.25, -0.2) is 4.98 Å². The lowest BCUT2D eigenvalue weighted by Crippen LogP contribution is -2.39. The van der Waals surface area contributed by atoms with Crippen LogP contribution >= 0.6 is 11.3 Å². The molecule has 4 aromatic rings. The van der Waals surface area contributed by atoms with Crippen molar-refractivity contribution in [3.63, 3.8) is 0 Å². The standard InChI is InChI=1S/C13H12N4S.C13H21N3/c1-8-16-17-13(18-8)9-3-4-10-7-15-12(14-2)6-11(10)5-9;1-4-12-9-14-16(10-12)13-5-7-15(8-6-13)11(2)3/h3-7H,1-2H3,(H,14,15);4,9-11,13H,1,5-8H2,2-3H3. The summed E-state index contributed by atoms with van der Waals surface area (Å²) in [6.07, 6.45) is 10.1. The Kier molecular flexibility index (Phi) is 7.70. The number of piperidine rings is 1. The fourth-order valence-electron chi connectivity index (χ4n) is 4.15. The molecule has 0 unspecified atom stereocenters. The first kappa shape index (κ1) is 24.0. The molecule has 3 aromatic heterocycles. The summed E-state index contributed by atoms with van der Waals surface area (Å²) in [6, 6.07) is 9.52. The monoisotopic (exact) mass is 475 g/mol. The Hall–Kier alpha value is -3.10. The van der Waals surface area contributed by atoms with Crippen LogP contribution in [-0.2, 0) is 0 Å². The first-order chi connectivity index (χ1) is 16.5. The second kappa shape index (κ2) is 10.9. The highest BCUT2D eigenvalue weighted by molar-refractivity contribution is 7.14. The van der Waals surface area contributed by atoms with Crippen molar-refractivity contribution < 1.29 is 0 Å². The van der Waals surface area contributed by atoms with Crippen LogP contribution in [0.3, 0.4) is 0 Å². The molecule has 0 amide bonds. The average molecular weight is 476 g/mol. The molecule has 0 atom stereocenters. The van der Waals surface area contributed by atoms with E-state index in [0.717, 1.165) is 37.7 Å². The predicted molar refractivity (Wildman–Crippen MR) is 142 cm³/mol. The average Bonchev–Trinajstić information content (AvgIpc) is 3.53. The molecule has 0 aliphatic carbocycles. The Morgan fingerprint density at radius 2 is 1.91 bits per heavy atom. The molecule has 0 bridgehead atoms. The summed E-state index contributed by atoms with van der Waals surface area (Å²) in [5.41, 5.74) is 2.22. The summed E-state index contributed by atoms with van der Waals surface area (Å²) >= 11 is 1.61. The van der Waals surface area contributed by atoms with Crippen LogP contribution in [0.5, 0.6) is 0 Å². The first-order valence-corrected chi connectivity index (χ1v) is 12.6. The molecule has 1 saturated heterocycles. The number of hydrogen-bond acceptors (Lipinski definition) is 7. The van der Waals surface area contributed by atoms with Crippen molar-refractivity contribution in [2.24, 2.45) is 0 Å². The van der Waals surface area contributed by atoms with E-state index < -0.39 is 0 Å². The molecule has 1 aromatic carbocycles. The summed E-state index contributed by atoms with van der Waals surface area (Å²) in [4.78, 5) is 6.83. The van der Waals surface area contributed by atoms with Crippen molar-refractivity contribution >= 4 is 34.0 Å². The molecule has 0 spiro atoms. The molecular formula is C26H33N7S. The van der Waals surface area contributed by atoms with Gasteiger partial charge < -0.3 is 10.2 Å². The van der Waals surface area contributed by atoms with Crippen LogP contribution < -0.4 is 5.32 Å². The van der Waals surface area contributed by atoms with Gasteiger partial charge in [-0.1, -0.05) is 36.1 Å². The van der Waals surface area contributed by atoms with Gasteiger partial charge in [0, 0.05) is 55.1 Å². The van der Waals surface area contributed by atoms with Crippen molar-refractivity contribution in [2.45, 2.75) is 45.7 Å². The third-order valence-electron chi connectivity index (χ3n) is 6.21. The van der Waals surface area contributed by atoms with Crippen LogP contribution in [0.2, 0.25) is 0 Å². The Bertz CT molecular complexity index is 1230.